The summed E-state index contributed by atoms with van der Waals surface area (Å²) in [7, 11) is 0. The molecule has 0 unspecified atom stereocenters. The third-order valence-corrected chi connectivity index (χ3v) is 8.62. The first-order chi connectivity index (χ1) is 26.1. The maximum Gasteiger partial charge on any atom is 0.303 e. The van der Waals surface area contributed by atoms with E-state index in [9.17, 15) is 48.6 Å². The molecular formula is C36H68N10O10. The van der Waals surface area contributed by atoms with Crippen LogP contribution in [0.4, 0.5) is 0 Å². The van der Waals surface area contributed by atoms with E-state index in [4.69, 9.17) is 22.9 Å². The molecule has 16 N–H and O–H groups in total. The highest BCUT2D eigenvalue weighted by Gasteiger charge is 2.34. The number of aliphatic hydroxyl groups excluding tert-OH is 1. The van der Waals surface area contributed by atoms with Crippen LogP contribution in [-0.4, -0.2) is 119 Å². The van der Waals surface area contributed by atoms with Gasteiger partial charge in [0.1, 0.15) is 36.3 Å². The van der Waals surface area contributed by atoms with Crippen LogP contribution in [0.5, 0.6) is 0 Å². The quantitative estimate of drug-likeness (QED) is 0.0344. The monoisotopic (exact) mass is 801 g/mol. The maximum absolute atomic E-state index is 13.8. The number of hydrogen-bond acceptors (Lipinski definition) is 12. The standard InChI is InChI=1S/C36H68N10O10/c1-19(2)17-26(30(40)50)44-33(53)24(12-8-10-16-38)41-34(54)25(13-14-28(48)49)43-32(52)23(11-7-9-15-37)42-35(55)27(18-20(3)4)45-36(56)29(22(6)47)46-31(51)21(5)39/h19-27,29,47H,7-18,37-39H2,1-6H3,(H2,40,50)(H,41,54)(H,42,55)(H,43,52)(H,44,53)(H,45,56)(H,46,51)(H,48,49)/t21-,22+,23-,24-,25-,26-,27-,29-/m0/s1. The molecule has 0 aliphatic rings. The van der Waals surface area contributed by atoms with E-state index < -0.39 is 102 Å². The van der Waals surface area contributed by atoms with Crippen LogP contribution in [0, 0.1) is 11.8 Å². The number of rotatable bonds is 29. The zero-order valence-corrected chi connectivity index (χ0v) is 33.7. The Morgan fingerprint density at radius 3 is 1.25 bits per heavy atom. The third-order valence-electron chi connectivity index (χ3n) is 8.62. The topological polar surface area (TPSA) is 353 Å². The van der Waals surface area contributed by atoms with Gasteiger partial charge in [-0.15, -0.1) is 0 Å². The molecule has 0 aliphatic carbocycles. The Morgan fingerprint density at radius 2 is 0.893 bits per heavy atom. The average Bonchev–Trinajstić information content (AvgIpc) is 3.09. The van der Waals surface area contributed by atoms with Crippen molar-refractivity contribution in [2.45, 2.75) is 154 Å². The number of aliphatic carboxylic acids is 1. The predicted octanol–water partition coefficient (Wildman–Crippen LogP) is -2.68. The minimum Gasteiger partial charge on any atom is -0.481 e. The van der Waals surface area contributed by atoms with Crippen molar-refractivity contribution in [1.29, 1.82) is 0 Å². The number of carboxylic acids is 1. The van der Waals surface area contributed by atoms with E-state index in [2.05, 4.69) is 31.9 Å². The van der Waals surface area contributed by atoms with Gasteiger partial charge in [-0.3, -0.25) is 38.4 Å². The molecule has 0 saturated heterocycles. The van der Waals surface area contributed by atoms with Crippen LogP contribution >= 0.6 is 0 Å². The zero-order chi connectivity index (χ0) is 43.1. The maximum atomic E-state index is 13.8. The third kappa shape index (κ3) is 21.1. The molecule has 0 aliphatic heterocycles. The molecule has 0 radical (unpaired) electrons. The van der Waals surface area contributed by atoms with Crippen molar-refractivity contribution >= 4 is 47.3 Å². The fraction of sp³-hybridized carbons (Fsp3) is 0.778. The molecule has 0 saturated carbocycles. The Kier molecular flexibility index (Phi) is 25.1. The minimum absolute atomic E-state index is 0.00186. The molecule has 0 fully saturated rings. The molecule has 56 heavy (non-hydrogen) atoms. The van der Waals surface area contributed by atoms with Crippen LogP contribution in [0.25, 0.3) is 0 Å². The molecule has 8 atom stereocenters. The summed E-state index contributed by atoms with van der Waals surface area (Å²) in [5.74, 6) is -6.99. The van der Waals surface area contributed by atoms with E-state index >= 15 is 0 Å². The second kappa shape index (κ2) is 27.2. The number of carbonyl (C=O) groups is 8. The minimum atomic E-state index is -1.48. The van der Waals surface area contributed by atoms with Crippen LogP contribution in [0.2, 0.25) is 0 Å². The molecule has 20 nitrogen and oxygen atoms in total. The molecule has 322 valence electrons. The Labute approximate surface area is 329 Å². The Balaban J connectivity index is 6.44. The van der Waals surface area contributed by atoms with Gasteiger partial charge >= 0.3 is 5.97 Å². The Morgan fingerprint density at radius 1 is 0.518 bits per heavy atom. The average molecular weight is 801 g/mol. The van der Waals surface area contributed by atoms with Gasteiger partial charge in [0.2, 0.25) is 41.4 Å². The van der Waals surface area contributed by atoms with Crippen LogP contribution in [0.3, 0.4) is 0 Å². The molecule has 0 spiro atoms. The van der Waals surface area contributed by atoms with Crippen molar-refractivity contribution in [1.82, 2.24) is 31.9 Å². The summed E-state index contributed by atoms with van der Waals surface area (Å²) in [6, 6.07) is -8.67. The number of hydrogen-bond donors (Lipinski definition) is 12. The molecule has 0 aromatic carbocycles. The van der Waals surface area contributed by atoms with Crippen molar-refractivity contribution in [3.63, 3.8) is 0 Å². The van der Waals surface area contributed by atoms with Gasteiger partial charge in [0.25, 0.3) is 0 Å². The van der Waals surface area contributed by atoms with Crippen molar-refractivity contribution in [3.05, 3.63) is 0 Å². The predicted molar refractivity (Wildman–Crippen MR) is 208 cm³/mol. The highest BCUT2D eigenvalue weighted by Crippen LogP contribution is 2.11. The number of primary amides is 1. The van der Waals surface area contributed by atoms with E-state index in [1.54, 1.807) is 13.8 Å². The molecule has 0 bridgehead atoms. The van der Waals surface area contributed by atoms with Gasteiger partial charge in [0, 0.05) is 6.42 Å². The smallest absolute Gasteiger partial charge is 0.303 e. The lowest BCUT2D eigenvalue weighted by Gasteiger charge is -2.28. The summed E-state index contributed by atoms with van der Waals surface area (Å²) in [6.07, 6.45) is -0.0722. The van der Waals surface area contributed by atoms with Crippen molar-refractivity contribution in [2.75, 3.05) is 13.1 Å². The lowest BCUT2D eigenvalue weighted by molar-refractivity contribution is -0.139. The Hall–Kier alpha value is -4.40. The number of aliphatic hydroxyl groups is 1. The van der Waals surface area contributed by atoms with Crippen molar-refractivity contribution < 1.29 is 48.6 Å². The summed E-state index contributed by atoms with van der Waals surface area (Å²) in [4.78, 5) is 104. The number of nitrogens with one attached hydrogen (secondary N) is 6. The molecule has 0 aromatic rings. The van der Waals surface area contributed by atoms with E-state index in [-0.39, 0.29) is 50.5 Å². The summed E-state index contributed by atoms with van der Waals surface area (Å²) >= 11 is 0. The van der Waals surface area contributed by atoms with Gasteiger partial charge in [-0.2, -0.15) is 0 Å². The van der Waals surface area contributed by atoms with E-state index in [0.29, 0.717) is 32.2 Å². The van der Waals surface area contributed by atoms with Crippen LogP contribution < -0.4 is 54.8 Å². The number of unbranched alkanes of at least 4 members (excludes halogenated alkanes) is 2. The second-order valence-corrected chi connectivity index (χ2v) is 15.0. The highest BCUT2D eigenvalue weighted by atomic mass is 16.4. The van der Waals surface area contributed by atoms with Gasteiger partial charge in [-0.1, -0.05) is 27.7 Å². The van der Waals surface area contributed by atoms with Crippen LogP contribution in [0.15, 0.2) is 0 Å². The molecule has 7 amide bonds. The van der Waals surface area contributed by atoms with E-state index in [1.807, 2.05) is 13.8 Å². The second-order valence-electron chi connectivity index (χ2n) is 15.0. The first kappa shape index (κ1) is 51.6. The van der Waals surface area contributed by atoms with Crippen molar-refractivity contribution in [3.8, 4) is 0 Å². The lowest BCUT2D eigenvalue weighted by atomic mass is 10.0. The summed E-state index contributed by atoms with van der Waals surface area (Å²) in [6.45, 7) is 10.5. The molecular weight excluding hydrogens is 732 g/mol. The fourth-order valence-corrected chi connectivity index (χ4v) is 5.52. The summed E-state index contributed by atoms with van der Waals surface area (Å²) in [5.41, 5.74) is 22.4. The SMILES string of the molecule is CC(C)C[C@H](NC(=O)[C@H](CCCCN)NC(=O)[C@H](CCC(=O)O)NC(=O)[C@H](CCCCN)NC(=O)[C@H](CC(C)C)NC(=O)[C@@H](NC(=O)[C@H](C)N)[C@@H](C)O)C(N)=O. The number of carbonyl (C=O) groups excluding carboxylic acids is 7. The molecule has 0 aromatic heterocycles. The van der Waals surface area contributed by atoms with Crippen LogP contribution in [-0.2, 0) is 38.4 Å². The Bertz CT molecular complexity index is 1300. The van der Waals surface area contributed by atoms with Gasteiger partial charge < -0.3 is 65.0 Å². The van der Waals surface area contributed by atoms with E-state index in [1.165, 1.54) is 13.8 Å². The van der Waals surface area contributed by atoms with E-state index in [0.717, 1.165) is 0 Å². The number of nitrogens with two attached hydrogens (primary N) is 4. The van der Waals surface area contributed by atoms with Gasteiger partial charge in [0.15, 0.2) is 0 Å². The first-order valence-corrected chi connectivity index (χ1v) is 19.3. The van der Waals surface area contributed by atoms with Crippen molar-refractivity contribution in [2.24, 2.45) is 34.8 Å². The number of carboxylic acid groups (broad SMARTS) is 1. The normalized spacial score (nSPS) is 15.6. The summed E-state index contributed by atoms with van der Waals surface area (Å²) in [5, 5.41) is 34.8. The largest absolute Gasteiger partial charge is 0.481 e. The highest BCUT2D eigenvalue weighted by molar-refractivity contribution is 5.97. The molecule has 20 heteroatoms. The van der Waals surface area contributed by atoms with Gasteiger partial charge in [-0.05, 0) is 96.6 Å². The number of amides is 7. The van der Waals surface area contributed by atoms with Crippen LogP contribution in [0.1, 0.15) is 106 Å². The zero-order valence-electron chi connectivity index (χ0n) is 33.7. The molecule has 0 heterocycles. The molecule has 0 rings (SSSR count). The fourth-order valence-electron chi connectivity index (χ4n) is 5.52. The lowest BCUT2D eigenvalue weighted by Crippen LogP contribution is -2.61. The van der Waals surface area contributed by atoms with Gasteiger partial charge in [-0.25, -0.2) is 0 Å². The summed E-state index contributed by atoms with van der Waals surface area (Å²) < 4.78 is 0. The first-order valence-electron chi connectivity index (χ1n) is 19.3. The van der Waals surface area contributed by atoms with Gasteiger partial charge in [0.05, 0.1) is 12.1 Å².